The molecule has 2 aromatic heterocycles. The SMILES string of the molecule is CC1CCc2c(sc(NC(=O)Cc3ccsc3)c2C(N)=O)C1. The molecule has 2 aromatic rings. The Balaban J connectivity index is 1.84. The minimum atomic E-state index is -0.446. The molecule has 3 rings (SSSR count). The Kier molecular flexibility index (Phi) is 4.31. The fourth-order valence-corrected chi connectivity index (χ4v) is 4.95. The lowest BCUT2D eigenvalue weighted by Gasteiger charge is -2.18. The van der Waals surface area contributed by atoms with Crippen molar-refractivity contribution in [1.82, 2.24) is 0 Å². The molecule has 0 fully saturated rings. The lowest BCUT2D eigenvalue weighted by atomic mass is 9.88. The highest BCUT2D eigenvalue weighted by molar-refractivity contribution is 7.17. The van der Waals surface area contributed by atoms with E-state index >= 15 is 0 Å². The number of fused-ring (bicyclic) bond motifs is 1. The summed E-state index contributed by atoms with van der Waals surface area (Å²) in [6, 6.07) is 1.93. The average Bonchev–Trinajstić information content (AvgIpc) is 3.04. The first-order valence-electron chi connectivity index (χ1n) is 7.30. The summed E-state index contributed by atoms with van der Waals surface area (Å²) in [5, 5.41) is 7.40. The van der Waals surface area contributed by atoms with E-state index in [-0.39, 0.29) is 5.91 Å². The molecule has 0 spiro atoms. The molecule has 1 aliphatic carbocycles. The zero-order valence-corrected chi connectivity index (χ0v) is 14.0. The van der Waals surface area contributed by atoms with Gasteiger partial charge in [-0.25, -0.2) is 0 Å². The van der Waals surface area contributed by atoms with E-state index in [1.165, 1.54) is 16.2 Å². The van der Waals surface area contributed by atoms with Crippen molar-refractivity contribution < 1.29 is 9.59 Å². The van der Waals surface area contributed by atoms with Crippen LogP contribution in [0, 0.1) is 5.92 Å². The van der Waals surface area contributed by atoms with Crippen LogP contribution in [0.2, 0.25) is 0 Å². The van der Waals surface area contributed by atoms with Crippen LogP contribution in [0.25, 0.3) is 0 Å². The normalized spacial score (nSPS) is 17.0. The number of amides is 2. The number of anilines is 1. The molecule has 1 unspecified atom stereocenters. The number of hydrogen-bond donors (Lipinski definition) is 2. The highest BCUT2D eigenvalue weighted by Gasteiger charge is 2.27. The Morgan fingerprint density at radius 1 is 1.45 bits per heavy atom. The van der Waals surface area contributed by atoms with Crippen molar-refractivity contribution >= 4 is 39.5 Å². The molecule has 0 aliphatic heterocycles. The molecule has 22 heavy (non-hydrogen) atoms. The summed E-state index contributed by atoms with van der Waals surface area (Å²) in [5.74, 6) is 0.0617. The van der Waals surface area contributed by atoms with Gasteiger partial charge in [0.15, 0.2) is 0 Å². The fraction of sp³-hybridized carbons (Fsp3) is 0.375. The van der Waals surface area contributed by atoms with Crippen LogP contribution >= 0.6 is 22.7 Å². The topological polar surface area (TPSA) is 72.2 Å². The lowest BCUT2D eigenvalue weighted by molar-refractivity contribution is -0.115. The number of primary amides is 1. The molecule has 0 radical (unpaired) electrons. The van der Waals surface area contributed by atoms with Gasteiger partial charge in [0, 0.05) is 4.88 Å². The molecule has 2 heterocycles. The van der Waals surface area contributed by atoms with Crippen LogP contribution in [0.4, 0.5) is 5.00 Å². The summed E-state index contributed by atoms with van der Waals surface area (Å²) in [6.07, 6.45) is 3.21. The Morgan fingerprint density at radius 3 is 2.95 bits per heavy atom. The molecule has 4 nitrogen and oxygen atoms in total. The number of hydrogen-bond acceptors (Lipinski definition) is 4. The van der Waals surface area contributed by atoms with E-state index in [1.54, 1.807) is 11.3 Å². The average molecular weight is 334 g/mol. The van der Waals surface area contributed by atoms with Crippen LogP contribution < -0.4 is 11.1 Å². The highest BCUT2D eigenvalue weighted by Crippen LogP contribution is 2.39. The zero-order valence-electron chi connectivity index (χ0n) is 12.3. The van der Waals surface area contributed by atoms with Gasteiger partial charge in [-0.15, -0.1) is 11.3 Å². The Morgan fingerprint density at radius 2 is 2.27 bits per heavy atom. The van der Waals surface area contributed by atoms with Crippen molar-refractivity contribution in [3.8, 4) is 0 Å². The molecule has 0 bridgehead atoms. The molecule has 0 saturated heterocycles. The van der Waals surface area contributed by atoms with Gasteiger partial charge in [-0.2, -0.15) is 11.3 Å². The minimum Gasteiger partial charge on any atom is -0.365 e. The second-order valence-corrected chi connectivity index (χ2v) is 7.66. The minimum absolute atomic E-state index is 0.104. The predicted molar refractivity (Wildman–Crippen MR) is 90.7 cm³/mol. The fourth-order valence-electron chi connectivity index (χ4n) is 2.85. The van der Waals surface area contributed by atoms with Crippen LogP contribution in [0.3, 0.4) is 0 Å². The van der Waals surface area contributed by atoms with Crippen LogP contribution in [0.15, 0.2) is 16.8 Å². The smallest absolute Gasteiger partial charge is 0.251 e. The number of carbonyl (C=O) groups is 2. The van der Waals surface area contributed by atoms with Gasteiger partial charge in [0.1, 0.15) is 5.00 Å². The molecule has 116 valence electrons. The van der Waals surface area contributed by atoms with E-state index in [0.717, 1.165) is 30.4 Å². The van der Waals surface area contributed by atoms with Gasteiger partial charge in [0.05, 0.1) is 12.0 Å². The molecule has 0 saturated carbocycles. The van der Waals surface area contributed by atoms with Crippen LogP contribution in [0.5, 0.6) is 0 Å². The summed E-state index contributed by atoms with van der Waals surface area (Å²) in [5.41, 5.74) is 8.09. The number of thiophene rings is 2. The molecule has 2 amide bonds. The number of carbonyl (C=O) groups excluding carboxylic acids is 2. The molecule has 6 heteroatoms. The zero-order chi connectivity index (χ0) is 15.7. The molecular formula is C16H18N2O2S2. The molecule has 0 aromatic carbocycles. The predicted octanol–water partition coefficient (Wildman–Crippen LogP) is 3.21. The van der Waals surface area contributed by atoms with Crippen molar-refractivity contribution in [2.75, 3.05) is 5.32 Å². The summed E-state index contributed by atoms with van der Waals surface area (Å²) >= 11 is 3.07. The third kappa shape index (κ3) is 3.08. The summed E-state index contributed by atoms with van der Waals surface area (Å²) in [4.78, 5) is 25.2. The number of nitrogens with one attached hydrogen (secondary N) is 1. The Bertz CT molecular complexity index is 704. The lowest BCUT2D eigenvalue weighted by Crippen LogP contribution is -2.20. The van der Waals surface area contributed by atoms with Crippen LogP contribution in [0.1, 0.15) is 39.7 Å². The van der Waals surface area contributed by atoms with E-state index < -0.39 is 5.91 Å². The van der Waals surface area contributed by atoms with Crippen molar-refractivity contribution in [1.29, 1.82) is 0 Å². The Labute approximate surface area is 137 Å². The molecule has 3 N–H and O–H groups in total. The van der Waals surface area contributed by atoms with Crippen molar-refractivity contribution in [2.45, 2.75) is 32.6 Å². The third-order valence-electron chi connectivity index (χ3n) is 3.96. The summed E-state index contributed by atoms with van der Waals surface area (Å²) in [7, 11) is 0. The summed E-state index contributed by atoms with van der Waals surface area (Å²) < 4.78 is 0. The standard InChI is InChI=1S/C16H18N2O2S2/c1-9-2-3-11-12(6-9)22-16(14(11)15(17)20)18-13(19)7-10-4-5-21-8-10/h4-5,8-9H,2-3,6-7H2,1H3,(H2,17,20)(H,18,19). The first-order valence-corrected chi connectivity index (χ1v) is 9.05. The quantitative estimate of drug-likeness (QED) is 0.901. The maximum atomic E-state index is 12.2. The monoisotopic (exact) mass is 334 g/mol. The maximum absolute atomic E-state index is 12.2. The van der Waals surface area contributed by atoms with Gasteiger partial charge in [-0.3, -0.25) is 9.59 Å². The van der Waals surface area contributed by atoms with Gasteiger partial charge in [-0.1, -0.05) is 6.92 Å². The van der Waals surface area contributed by atoms with Gasteiger partial charge >= 0.3 is 0 Å². The molecular weight excluding hydrogens is 316 g/mol. The van der Waals surface area contributed by atoms with E-state index in [9.17, 15) is 9.59 Å². The second-order valence-electron chi connectivity index (χ2n) is 5.78. The van der Waals surface area contributed by atoms with Gasteiger partial charge in [0.2, 0.25) is 5.91 Å². The number of rotatable bonds is 4. The van der Waals surface area contributed by atoms with Gasteiger partial charge in [-0.05, 0) is 53.1 Å². The van der Waals surface area contributed by atoms with Crippen molar-refractivity contribution in [2.24, 2.45) is 11.7 Å². The second kappa shape index (κ2) is 6.22. The van der Waals surface area contributed by atoms with E-state index in [2.05, 4.69) is 12.2 Å². The van der Waals surface area contributed by atoms with Crippen LogP contribution in [-0.2, 0) is 24.1 Å². The van der Waals surface area contributed by atoms with Crippen LogP contribution in [-0.4, -0.2) is 11.8 Å². The summed E-state index contributed by atoms with van der Waals surface area (Å²) in [6.45, 7) is 2.21. The van der Waals surface area contributed by atoms with E-state index in [0.29, 0.717) is 22.9 Å². The van der Waals surface area contributed by atoms with E-state index in [1.807, 2.05) is 16.8 Å². The molecule has 1 aliphatic rings. The largest absolute Gasteiger partial charge is 0.365 e. The first-order chi connectivity index (χ1) is 10.5. The van der Waals surface area contributed by atoms with Crippen molar-refractivity contribution in [3.63, 3.8) is 0 Å². The van der Waals surface area contributed by atoms with Crippen molar-refractivity contribution in [3.05, 3.63) is 38.4 Å². The Hall–Kier alpha value is -1.66. The van der Waals surface area contributed by atoms with Gasteiger partial charge in [0.25, 0.3) is 5.91 Å². The van der Waals surface area contributed by atoms with E-state index in [4.69, 9.17) is 5.73 Å². The van der Waals surface area contributed by atoms with Gasteiger partial charge < -0.3 is 11.1 Å². The molecule has 1 atom stereocenters. The first kappa shape index (κ1) is 15.2. The maximum Gasteiger partial charge on any atom is 0.251 e. The highest BCUT2D eigenvalue weighted by atomic mass is 32.1. The number of nitrogens with two attached hydrogens (primary N) is 1. The third-order valence-corrected chi connectivity index (χ3v) is 5.86.